The number of carboxylic acids is 1. The van der Waals surface area contributed by atoms with E-state index in [4.69, 9.17) is 9.52 Å². The SMILES string of the molecule is CC(CCC(=O)O)CNC(=O)c1cc2ccccc2o1. The van der Waals surface area contributed by atoms with Crippen molar-refractivity contribution in [3.8, 4) is 0 Å². The zero-order chi connectivity index (χ0) is 14.5. The fraction of sp³-hybridized carbons (Fsp3) is 0.333. The van der Waals surface area contributed by atoms with Gasteiger partial charge >= 0.3 is 5.97 Å². The monoisotopic (exact) mass is 275 g/mol. The molecule has 0 bridgehead atoms. The maximum absolute atomic E-state index is 11.9. The molecular weight excluding hydrogens is 258 g/mol. The molecule has 1 aromatic carbocycles. The number of hydrogen-bond donors (Lipinski definition) is 2. The molecule has 1 atom stereocenters. The zero-order valence-electron chi connectivity index (χ0n) is 11.3. The van der Waals surface area contributed by atoms with Gasteiger partial charge in [0.1, 0.15) is 5.58 Å². The second-order valence-corrected chi connectivity index (χ2v) is 4.90. The largest absolute Gasteiger partial charge is 0.481 e. The molecule has 0 spiro atoms. The third-order valence-electron chi connectivity index (χ3n) is 3.11. The first-order valence-corrected chi connectivity index (χ1v) is 6.55. The smallest absolute Gasteiger partial charge is 0.303 e. The lowest BCUT2D eigenvalue weighted by Crippen LogP contribution is -2.28. The van der Waals surface area contributed by atoms with Gasteiger partial charge in [-0.05, 0) is 24.5 Å². The van der Waals surface area contributed by atoms with Crippen LogP contribution in [0.15, 0.2) is 34.7 Å². The number of aliphatic carboxylic acids is 1. The third-order valence-corrected chi connectivity index (χ3v) is 3.11. The van der Waals surface area contributed by atoms with E-state index >= 15 is 0 Å². The lowest BCUT2D eigenvalue weighted by Gasteiger charge is -2.10. The Bertz CT molecular complexity index is 584. The number of nitrogens with one attached hydrogen (secondary N) is 1. The summed E-state index contributed by atoms with van der Waals surface area (Å²) in [5.41, 5.74) is 0.677. The molecular formula is C15H17NO4. The topological polar surface area (TPSA) is 79.5 Å². The van der Waals surface area contributed by atoms with Gasteiger partial charge in [-0.1, -0.05) is 25.1 Å². The van der Waals surface area contributed by atoms with Crippen molar-refractivity contribution in [3.63, 3.8) is 0 Å². The molecule has 0 aliphatic heterocycles. The Morgan fingerprint density at radius 1 is 1.35 bits per heavy atom. The first-order chi connectivity index (χ1) is 9.56. The van der Waals surface area contributed by atoms with Crippen molar-refractivity contribution in [3.05, 3.63) is 36.1 Å². The van der Waals surface area contributed by atoms with E-state index in [1.165, 1.54) is 0 Å². The summed E-state index contributed by atoms with van der Waals surface area (Å²) in [6, 6.07) is 9.12. The lowest BCUT2D eigenvalue weighted by atomic mass is 10.1. The Hall–Kier alpha value is -2.30. The number of hydrogen-bond acceptors (Lipinski definition) is 3. The summed E-state index contributed by atoms with van der Waals surface area (Å²) < 4.78 is 5.45. The van der Waals surface area contributed by atoms with Crippen molar-refractivity contribution < 1.29 is 19.1 Å². The fourth-order valence-corrected chi connectivity index (χ4v) is 1.92. The van der Waals surface area contributed by atoms with Crippen LogP contribution >= 0.6 is 0 Å². The van der Waals surface area contributed by atoms with Crippen LogP contribution in [-0.2, 0) is 4.79 Å². The van der Waals surface area contributed by atoms with E-state index in [2.05, 4.69) is 5.32 Å². The van der Waals surface area contributed by atoms with Crippen molar-refractivity contribution in [2.75, 3.05) is 6.54 Å². The highest BCUT2D eigenvalue weighted by molar-refractivity contribution is 5.96. The van der Waals surface area contributed by atoms with E-state index in [0.717, 1.165) is 5.39 Å². The van der Waals surface area contributed by atoms with E-state index < -0.39 is 5.97 Å². The number of carboxylic acid groups (broad SMARTS) is 1. The van der Waals surface area contributed by atoms with Gasteiger partial charge in [-0.2, -0.15) is 0 Å². The molecule has 5 nitrogen and oxygen atoms in total. The molecule has 0 aliphatic rings. The van der Waals surface area contributed by atoms with Crippen LogP contribution in [0.2, 0.25) is 0 Å². The average molecular weight is 275 g/mol. The molecule has 20 heavy (non-hydrogen) atoms. The van der Waals surface area contributed by atoms with Crippen molar-refractivity contribution >= 4 is 22.8 Å². The summed E-state index contributed by atoms with van der Waals surface area (Å²) in [5, 5.41) is 12.2. The summed E-state index contributed by atoms with van der Waals surface area (Å²) in [5.74, 6) is -0.708. The summed E-state index contributed by atoms with van der Waals surface area (Å²) in [7, 11) is 0. The van der Waals surface area contributed by atoms with Gasteiger partial charge in [0.05, 0.1) is 0 Å². The zero-order valence-corrected chi connectivity index (χ0v) is 11.3. The molecule has 0 radical (unpaired) electrons. The maximum atomic E-state index is 11.9. The molecule has 1 amide bonds. The second-order valence-electron chi connectivity index (χ2n) is 4.90. The summed E-state index contributed by atoms with van der Waals surface area (Å²) >= 11 is 0. The Kier molecular flexibility index (Phi) is 4.40. The van der Waals surface area contributed by atoms with Crippen LogP contribution in [0, 0.1) is 5.92 Å². The molecule has 0 saturated heterocycles. The van der Waals surface area contributed by atoms with Gasteiger partial charge in [-0.25, -0.2) is 0 Å². The average Bonchev–Trinajstić information content (AvgIpc) is 2.86. The van der Waals surface area contributed by atoms with Gasteiger partial charge in [-0.3, -0.25) is 9.59 Å². The Morgan fingerprint density at radius 2 is 2.10 bits per heavy atom. The van der Waals surface area contributed by atoms with Gasteiger partial charge < -0.3 is 14.8 Å². The standard InChI is InChI=1S/C15H17NO4/c1-10(6-7-14(17)18)9-16-15(19)13-8-11-4-2-3-5-12(11)20-13/h2-5,8,10H,6-7,9H2,1H3,(H,16,19)(H,17,18). The highest BCUT2D eigenvalue weighted by atomic mass is 16.4. The van der Waals surface area contributed by atoms with Crippen LogP contribution in [0.3, 0.4) is 0 Å². The van der Waals surface area contributed by atoms with E-state index in [-0.39, 0.29) is 24.0 Å². The molecule has 0 fully saturated rings. The lowest BCUT2D eigenvalue weighted by molar-refractivity contribution is -0.137. The Labute approximate surface area is 116 Å². The van der Waals surface area contributed by atoms with Gasteiger partial charge in [0.2, 0.25) is 0 Å². The molecule has 0 saturated carbocycles. The fourth-order valence-electron chi connectivity index (χ4n) is 1.92. The predicted molar refractivity (Wildman–Crippen MR) is 74.6 cm³/mol. The molecule has 1 unspecified atom stereocenters. The van der Waals surface area contributed by atoms with Crippen molar-refractivity contribution in [2.24, 2.45) is 5.92 Å². The maximum Gasteiger partial charge on any atom is 0.303 e. The molecule has 2 aromatic rings. The van der Waals surface area contributed by atoms with Crippen LogP contribution in [-0.4, -0.2) is 23.5 Å². The van der Waals surface area contributed by atoms with Gasteiger partial charge in [0, 0.05) is 18.4 Å². The van der Waals surface area contributed by atoms with E-state index in [0.29, 0.717) is 18.5 Å². The van der Waals surface area contributed by atoms with Gasteiger partial charge in [0.15, 0.2) is 5.76 Å². The number of fused-ring (bicyclic) bond motifs is 1. The van der Waals surface area contributed by atoms with Crippen LogP contribution < -0.4 is 5.32 Å². The van der Waals surface area contributed by atoms with Gasteiger partial charge in [0.25, 0.3) is 5.91 Å². The van der Waals surface area contributed by atoms with Crippen LogP contribution in [0.1, 0.15) is 30.3 Å². The normalized spacial score (nSPS) is 12.2. The molecule has 1 heterocycles. The van der Waals surface area contributed by atoms with Gasteiger partial charge in [-0.15, -0.1) is 0 Å². The van der Waals surface area contributed by atoms with Crippen molar-refractivity contribution in [1.82, 2.24) is 5.32 Å². The third kappa shape index (κ3) is 3.60. The number of carbonyl (C=O) groups is 2. The number of amides is 1. The highest BCUT2D eigenvalue weighted by Gasteiger charge is 2.13. The minimum Gasteiger partial charge on any atom is -0.481 e. The number of para-hydroxylation sites is 1. The van der Waals surface area contributed by atoms with E-state index in [1.807, 2.05) is 31.2 Å². The van der Waals surface area contributed by atoms with Crippen LogP contribution in [0.5, 0.6) is 0 Å². The molecule has 0 aliphatic carbocycles. The quantitative estimate of drug-likeness (QED) is 0.849. The molecule has 5 heteroatoms. The summed E-state index contributed by atoms with van der Waals surface area (Å²) in [4.78, 5) is 22.4. The minimum absolute atomic E-state index is 0.111. The predicted octanol–water partition coefficient (Wildman–Crippen LogP) is 2.66. The molecule has 2 rings (SSSR count). The first kappa shape index (κ1) is 14.1. The Morgan fingerprint density at radius 3 is 2.80 bits per heavy atom. The number of rotatable bonds is 6. The highest BCUT2D eigenvalue weighted by Crippen LogP contribution is 2.18. The number of benzene rings is 1. The van der Waals surface area contributed by atoms with Crippen molar-refractivity contribution in [2.45, 2.75) is 19.8 Å². The second kappa shape index (κ2) is 6.23. The Balaban J connectivity index is 1.90. The number of furan rings is 1. The first-order valence-electron chi connectivity index (χ1n) is 6.55. The van der Waals surface area contributed by atoms with E-state index in [9.17, 15) is 9.59 Å². The van der Waals surface area contributed by atoms with E-state index in [1.54, 1.807) is 6.07 Å². The molecule has 1 aromatic heterocycles. The van der Waals surface area contributed by atoms with Crippen LogP contribution in [0.25, 0.3) is 11.0 Å². The number of carbonyl (C=O) groups excluding carboxylic acids is 1. The molecule has 2 N–H and O–H groups in total. The summed E-state index contributed by atoms with van der Waals surface area (Å²) in [6.45, 7) is 2.34. The summed E-state index contributed by atoms with van der Waals surface area (Å²) in [6.07, 6.45) is 0.650. The molecule has 106 valence electrons. The minimum atomic E-state index is -0.819. The van der Waals surface area contributed by atoms with Crippen molar-refractivity contribution in [1.29, 1.82) is 0 Å². The van der Waals surface area contributed by atoms with Crippen LogP contribution in [0.4, 0.5) is 0 Å².